The van der Waals surface area contributed by atoms with Gasteiger partial charge in [0.15, 0.2) is 0 Å². The molecule has 1 aliphatic rings. The number of piperazine rings is 1. The van der Waals surface area contributed by atoms with Crippen molar-refractivity contribution in [3.63, 3.8) is 0 Å². The molecule has 1 aromatic carbocycles. The molecule has 0 N–H and O–H groups in total. The van der Waals surface area contributed by atoms with Gasteiger partial charge in [-0.1, -0.05) is 6.07 Å². The van der Waals surface area contributed by atoms with E-state index in [0.717, 1.165) is 22.5 Å². The maximum Gasteiger partial charge on any atom is 0.416 e. The third-order valence-electron chi connectivity index (χ3n) is 3.66. The summed E-state index contributed by atoms with van der Waals surface area (Å²) in [6.07, 6.45) is -4.61. The standard InChI is InChI=1S/C14H17F3N2O4S/c1-23-10-13(20)18-5-7-19(8-6-18)24(21,22)12-4-2-3-11(9-12)14(15,16)17/h2-4,9H,5-8,10H2,1H3. The summed E-state index contributed by atoms with van der Waals surface area (Å²) >= 11 is 0. The second-order valence-corrected chi connectivity index (χ2v) is 7.18. The van der Waals surface area contributed by atoms with Crippen LogP contribution in [0.15, 0.2) is 29.2 Å². The second kappa shape index (κ2) is 7.08. The Morgan fingerprint density at radius 2 is 1.83 bits per heavy atom. The number of amides is 1. The third kappa shape index (κ3) is 4.05. The average molecular weight is 366 g/mol. The first-order valence-electron chi connectivity index (χ1n) is 7.10. The van der Waals surface area contributed by atoms with Crippen LogP contribution in [0, 0.1) is 0 Å². The van der Waals surface area contributed by atoms with Gasteiger partial charge in [0.25, 0.3) is 0 Å². The van der Waals surface area contributed by atoms with Crippen LogP contribution in [0.5, 0.6) is 0 Å². The minimum Gasteiger partial charge on any atom is -0.375 e. The van der Waals surface area contributed by atoms with Gasteiger partial charge in [0.05, 0.1) is 10.5 Å². The smallest absolute Gasteiger partial charge is 0.375 e. The Labute approximate surface area is 137 Å². The number of hydrogen-bond donors (Lipinski definition) is 0. The van der Waals surface area contributed by atoms with Gasteiger partial charge in [0.1, 0.15) is 6.61 Å². The summed E-state index contributed by atoms with van der Waals surface area (Å²) in [5.74, 6) is -0.256. The van der Waals surface area contributed by atoms with E-state index < -0.39 is 26.7 Å². The fraction of sp³-hybridized carbons (Fsp3) is 0.500. The lowest BCUT2D eigenvalue weighted by atomic mass is 10.2. The Bertz CT molecular complexity index is 698. The minimum absolute atomic E-state index is 0.0219. The highest BCUT2D eigenvalue weighted by molar-refractivity contribution is 7.89. The van der Waals surface area contributed by atoms with Crippen LogP contribution in [-0.2, 0) is 25.7 Å². The summed E-state index contributed by atoms with van der Waals surface area (Å²) in [6.45, 7) is 0.281. The molecule has 0 bridgehead atoms. The van der Waals surface area contributed by atoms with Gasteiger partial charge in [-0.25, -0.2) is 8.42 Å². The molecule has 24 heavy (non-hydrogen) atoms. The molecule has 1 aromatic rings. The van der Waals surface area contributed by atoms with Gasteiger partial charge in [-0.3, -0.25) is 4.79 Å². The van der Waals surface area contributed by atoms with Gasteiger partial charge in [-0.2, -0.15) is 17.5 Å². The lowest BCUT2D eigenvalue weighted by Gasteiger charge is -2.34. The first kappa shape index (κ1) is 18.7. The third-order valence-corrected chi connectivity index (χ3v) is 5.55. The normalized spacial score (nSPS) is 17.1. The van der Waals surface area contributed by atoms with Crippen molar-refractivity contribution < 1.29 is 31.1 Å². The van der Waals surface area contributed by atoms with Crippen molar-refractivity contribution in [2.75, 3.05) is 39.9 Å². The fourth-order valence-corrected chi connectivity index (χ4v) is 3.84. The number of ether oxygens (including phenoxy) is 1. The number of alkyl halides is 3. The van der Waals surface area contributed by atoms with Gasteiger partial charge >= 0.3 is 6.18 Å². The summed E-state index contributed by atoms with van der Waals surface area (Å²) in [4.78, 5) is 12.7. The summed E-state index contributed by atoms with van der Waals surface area (Å²) in [6, 6.07) is 3.64. The molecule has 0 spiro atoms. The van der Waals surface area contributed by atoms with E-state index in [4.69, 9.17) is 4.74 Å². The molecule has 1 aliphatic heterocycles. The minimum atomic E-state index is -4.61. The zero-order chi connectivity index (χ0) is 18.0. The molecule has 6 nitrogen and oxygen atoms in total. The molecule has 0 unspecified atom stereocenters. The molecule has 10 heteroatoms. The first-order chi connectivity index (χ1) is 11.2. The van der Waals surface area contributed by atoms with E-state index >= 15 is 0 Å². The monoisotopic (exact) mass is 366 g/mol. The van der Waals surface area contributed by atoms with E-state index in [2.05, 4.69) is 0 Å². The number of sulfonamides is 1. The molecule has 1 amide bonds. The molecule has 0 aliphatic carbocycles. The van der Waals surface area contributed by atoms with Crippen molar-refractivity contribution >= 4 is 15.9 Å². The molecule has 0 atom stereocenters. The number of carbonyl (C=O) groups excluding carboxylic acids is 1. The number of halogens is 3. The van der Waals surface area contributed by atoms with Crippen molar-refractivity contribution in [3.8, 4) is 0 Å². The number of carbonyl (C=O) groups is 1. The molecule has 134 valence electrons. The van der Waals surface area contributed by atoms with Gasteiger partial charge in [0.2, 0.25) is 15.9 Å². The Morgan fingerprint density at radius 3 is 2.38 bits per heavy atom. The SMILES string of the molecule is COCC(=O)N1CCN(S(=O)(=O)c2cccc(C(F)(F)F)c2)CC1. The van der Waals surface area contributed by atoms with Crippen LogP contribution in [0.2, 0.25) is 0 Å². The van der Waals surface area contributed by atoms with Gasteiger partial charge in [-0.15, -0.1) is 0 Å². The van der Waals surface area contributed by atoms with E-state index in [1.165, 1.54) is 12.0 Å². The van der Waals surface area contributed by atoms with E-state index in [1.54, 1.807) is 0 Å². The maximum absolute atomic E-state index is 12.7. The molecular weight excluding hydrogens is 349 g/mol. The van der Waals surface area contributed by atoms with Crippen molar-refractivity contribution in [1.82, 2.24) is 9.21 Å². The Morgan fingerprint density at radius 1 is 1.21 bits per heavy atom. The predicted octanol–water partition coefficient (Wildman–Crippen LogP) is 1.18. The van der Waals surface area contributed by atoms with E-state index in [9.17, 15) is 26.4 Å². The van der Waals surface area contributed by atoms with Crippen LogP contribution in [0.4, 0.5) is 13.2 Å². The number of benzene rings is 1. The fourth-order valence-electron chi connectivity index (χ4n) is 2.37. The predicted molar refractivity (Wildman–Crippen MR) is 78.7 cm³/mol. The highest BCUT2D eigenvalue weighted by Gasteiger charge is 2.34. The van der Waals surface area contributed by atoms with Gasteiger partial charge in [-0.05, 0) is 18.2 Å². The van der Waals surface area contributed by atoms with Crippen molar-refractivity contribution in [2.45, 2.75) is 11.1 Å². The van der Waals surface area contributed by atoms with Crippen molar-refractivity contribution in [2.24, 2.45) is 0 Å². The lowest BCUT2D eigenvalue weighted by molar-refractivity contribution is -0.138. The van der Waals surface area contributed by atoms with Crippen LogP contribution in [0.3, 0.4) is 0 Å². The van der Waals surface area contributed by atoms with Crippen molar-refractivity contribution in [3.05, 3.63) is 29.8 Å². The summed E-state index contributed by atoms with van der Waals surface area (Å²) in [5, 5.41) is 0. The topological polar surface area (TPSA) is 66.9 Å². The highest BCUT2D eigenvalue weighted by atomic mass is 32.2. The summed E-state index contributed by atoms with van der Waals surface area (Å²) < 4.78 is 69.1. The molecule has 2 rings (SSSR count). The van der Waals surface area contributed by atoms with E-state index in [0.29, 0.717) is 6.07 Å². The molecule has 0 saturated carbocycles. The van der Waals surface area contributed by atoms with Gasteiger partial charge < -0.3 is 9.64 Å². The zero-order valence-electron chi connectivity index (χ0n) is 12.9. The number of nitrogens with zero attached hydrogens (tertiary/aromatic N) is 2. The second-order valence-electron chi connectivity index (χ2n) is 5.24. The molecule has 1 heterocycles. The van der Waals surface area contributed by atoms with E-state index in [-0.39, 0.29) is 38.7 Å². The molecule has 0 radical (unpaired) electrons. The number of rotatable bonds is 4. The highest BCUT2D eigenvalue weighted by Crippen LogP contribution is 2.31. The van der Waals surface area contributed by atoms with Crippen LogP contribution < -0.4 is 0 Å². The zero-order valence-corrected chi connectivity index (χ0v) is 13.7. The summed E-state index contributed by atoms with van der Waals surface area (Å²) in [7, 11) is -2.66. The summed E-state index contributed by atoms with van der Waals surface area (Å²) in [5.41, 5.74) is -1.02. The molecule has 1 fully saturated rings. The molecular formula is C14H17F3N2O4S. The van der Waals surface area contributed by atoms with Crippen LogP contribution in [0.1, 0.15) is 5.56 Å². The maximum atomic E-state index is 12.7. The largest absolute Gasteiger partial charge is 0.416 e. The van der Waals surface area contributed by atoms with Gasteiger partial charge in [0, 0.05) is 33.3 Å². The Kier molecular flexibility index (Phi) is 5.51. The van der Waals surface area contributed by atoms with Crippen LogP contribution in [0.25, 0.3) is 0 Å². The molecule has 0 aromatic heterocycles. The van der Waals surface area contributed by atoms with Crippen molar-refractivity contribution in [1.29, 1.82) is 0 Å². The van der Waals surface area contributed by atoms with Crippen LogP contribution in [-0.4, -0.2) is 63.4 Å². The van der Waals surface area contributed by atoms with Crippen LogP contribution >= 0.6 is 0 Å². The lowest BCUT2D eigenvalue weighted by Crippen LogP contribution is -2.51. The quantitative estimate of drug-likeness (QED) is 0.803. The van der Waals surface area contributed by atoms with E-state index in [1.807, 2.05) is 0 Å². The number of methoxy groups -OCH3 is 1. The average Bonchev–Trinajstić information content (AvgIpc) is 2.54. The Balaban J connectivity index is 2.14. The Hall–Kier alpha value is -1.65. The number of hydrogen-bond acceptors (Lipinski definition) is 4. The first-order valence-corrected chi connectivity index (χ1v) is 8.54. The molecule has 1 saturated heterocycles.